The number of aromatic nitrogens is 2. The van der Waals surface area contributed by atoms with Crippen LogP contribution >= 0.6 is 0 Å². The lowest BCUT2D eigenvalue weighted by Crippen LogP contribution is -2.41. The summed E-state index contributed by atoms with van der Waals surface area (Å²) in [7, 11) is 0. The molecule has 1 fully saturated rings. The first-order valence-corrected chi connectivity index (χ1v) is 9.48. The maximum Gasteiger partial charge on any atom is 0.410 e. The van der Waals surface area contributed by atoms with Crippen molar-refractivity contribution in [3.8, 4) is 0 Å². The van der Waals surface area contributed by atoms with E-state index in [4.69, 9.17) is 4.74 Å². The second-order valence-electron chi connectivity index (χ2n) is 8.03. The minimum atomic E-state index is -0.492. The number of hydrogen-bond donors (Lipinski definition) is 0. The van der Waals surface area contributed by atoms with Crippen LogP contribution < -0.4 is 0 Å². The van der Waals surface area contributed by atoms with Gasteiger partial charge in [-0.15, -0.1) is 0 Å². The molecule has 1 aliphatic rings. The average molecular weight is 361 g/mol. The van der Waals surface area contributed by atoms with Gasteiger partial charge in [0.05, 0.1) is 17.0 Å². The second-order valence-corrected chi connectivity index (χ2v) is 8.03. The molecule has 1 aromatic rings. The topological polar surface area (TPSA) is 72.4 Å². The van der Waals surface area contributed by atoms with E-state index in [-0.39, 0.29) is 17.8 Å². The SMILES string of the molecule is CCCC(=O)c1c(C)nc(C)nc1C1CCN(C(=O)OC(C)(C)C)CC1. The summed E-state index contributed by atoms with van der Waals surface area (Å²) in [6.07, 6.45) is 2.61. The molecule has 0 aromatic carbocycles. The van der Waals surface area contributed by atoms with Gasteiger partial charge in [0.1, 0.15) is 11.4 Å². The highest BCUT2D eigenvalue weighted by Gasteiger charge is 2.31. The number of likely N-dealkylation sites (tertiary alicyclic amines) is 1. The molecule has 1 aliphatic heterocycles. The Bertz CT molecular complexity index is 672. The van der Waals surface area contributed by atoms with Gasteiger partial charge in [-0.1, -0.05) is 6.92 Å². The fourth-order valence-electron chi connectivity index (χ4n) is 3.39. The standard InChI is InChI=1S/C20H31N3O3/c1-7-8-16(24)17-13(2)21-14(3)22-18(17)15-9-11-23(12-10-15)19(25)26-20(4,5)6/h15H,7-12H2,1-6H3. The van der Waals surface area contributed by atoms with E-state index in [1.54, 1.807) is 4.90 Å². The van der Waals surface area contributed by atoms with Crippen LogP contribution in [0.5, 0.6) is 0 Å². The zero-order chi connectivity index (χ0) is 19.5. The van der Waals surface area contributed by atoms with Crippen LogP contribution in [0.3, 0.4) is 0 Å². The predicted molar refractivity (Wildman–Crippen MR) is 101 cm³/mol. The molecule has 0 spiro atoms. The first-order chi connectivity index (χ1) is 12.1. The van der Waals surface area contributed by atoms with Gasteiger partial charge in [0.25, 0.3) is 0 Å². The Morgan fingerprint density at radius 2 is 1.77 bits per heavy atom. The van der Waals surface area contributed by atoms with Gasteiger partial charge in [-0.05, 0) is 53.9 Å². The number of carbonyl (C=O) groups is 2. The molecule has 0 aliphatic carbocycles. The van der Waals surface area contributed by atoms with E-state index in [1.807, 2.05) is 41.5 Å². The summed E-state index contributed by atoms with van der Waals surface area (Å²) in [6.45, 7) is 12.6. The highest BCUT2D eigenvalue weighted by atomic mass is 16.6. The molecular weight excluding hydrogens is 330 g/mol. The molecule has 0 saturated carbocycles. The van der Waals surface area contributed by atoms with Crippen molar-refractivity contribution in [3.05, 3.63) is 22.8 Å². The first kappa shape index (κ1) is 20.3. The number of Topliss-reactive ketones (excluding diaryl/α,β-unsaturated/α-hetero) is 1. The van der Waals surface area contributed by atoms with E-state index in [1.165, 1.54) is 0 Å². The van der Waals surface area contributed by atoms with Crippen molar-refractivity contribution in [1.29, 1.82) is 0 Å². The van der Waals surface area contributed by atoms with Crippen LogP contribution in [0.25, 0.3) is 0 Å². The number of carbonyl (C=O) groups excluding carboxylic acids is 2. The van der Waals surface area contributed by atoms with Crippen molar-refractivity contribution in [3.63, 3.8) is 0 Å². The molecule has 144 valence electrons. The van der Waals surface area contributed by atoms with E-state index in [0.29, 0.717) is 30.9 Å². The fraction of sp³-hybridized carbons (Fsp3) is 0.700. The summed E-state index contributed by atoms with van der Waals surface area (Å²) in [5.74, 6) is 0.986. The molecule has 1 amide bonds. The minimum absolute atomic E-state index is 0.120. The van der Waals surface area contributed by atoms with Gasteiger partial charge in [-0.25, -0.2) is 14.8 Å². The second kappa shape index (κ2) is 8.14. The number of aryl methyl sites for hydroxylation is 2. The normalized spacial score (nSPS) is 15.8. The molecule has 0 unspecified atom stereocenters. The van der Waals surface area contributed by atoms with Gasteiger partial charge >= 0.3 is 6.09 Å². The van der Waals surface area contributed by atoms with Crippen LogP contribution in [0, 0.1) is 13.8 Å². The third-order valence-electron chi connectivity index (χ3n) is 4.52. The summed E-state index contributed by atoms with van der Waals surface area (Å²) in [5, 5.41) is 0. The van der Waals surface area contributed by atoms with E-state index < -0.39 is 5.60 Å². The van der Waals surface area contributed by atoms with Crippen LogP contribution in [0.4, 0.5) is 4.79 Å². The largest absolute Gasteiger partial charge is 0.444 e. The molecule has 2 heterocycles. The zero-order valence-corrected chi connectivity index (χ0v) is 16.9. The highest BCUT2D eigenvalue weighted by molar-refractivity contribution is 5.98. The predicted octanol–water partition coefficient (Wildman–Crippen LogP) is 4.19. The molecule has 0 radical (unpaired) electrons. The third kappa shape index (κ3) is 5.02. The summed E-state index contributed by atoms with van der Waals surface area (Å²) in [6, 6.07) is 0. The number of ketones is 1. The molecule has 0 bridgehead atoms. The molecule has 1 aromatic heterocycles. The number of rotatable bonds is 4. The van der Waals surface area contributed by atoms with Crippen LogP contribution in [-0.2, 0) is 4.74 Å². The summed E-state index contributed by atoms with van der Waals surface area (Å²) in [4.78, 5) is 35.6. The Balaban J connectivity index is 2.16. The Labute approximate surface area is 156 Å². The number of amides is 1. The average Bonchev–Trinajstić information content (AvgIpc) is 2.52. The van der Waals surface area contributed by atoms with Gasteiger partial charge in [0, 0.05) is 25.4 Å². The quantitative estimate of drug-likeness (QED) is 0.752. The number of ether oxygens (including phenoxy) is 1. The van der Waals surface area contributed by atoms with Crippen molar-refractivity contribution < 1.29 is 14.3 Å². The Hall–Kier alpha value is -1.98. The van der Waals surface area contributed by atoms with E-state index in [0.717, 1.165) is 30.7 Å². The van der Waals surface area contributed by atoms with Crippen molar-refractivity contribution >= 4 is 11.9 Å². The van der Waals surface area contributed by atoms with Crippen LogP contribution in [0.2, 0.25) is 0 Å². The summed E-state index contributed by atoms with van der Waals surface area (Å²) < 4.78 is 5.46. The molecule has 0 N–H and O–H groups in total. The highest BCUT2D eigenvalue weighted by Crippen LogP contribution is 2.31. The van der Waals surface area contributed by atoms with Crippen LogP contribution in [-0.4, -0.2) is 45.4 Å². The Kier molecular flexibility index (Phi) is 6.37. The molecule has 1 saturated heterocycles. The summed E-state index contributed by atoms with van der Waals surface area (Å²) >= 11 is 0. The molecule has 0 atom stereocenters. The molecule has 26 heavy (non-hydrogen) atoms. The minimum Gasteiger partial charge on any atom is -0.444 e. The lowest BCUT2D eigenvalue weighted by Gasteiger charge is -2.33. The first-order valence-electron chi connectivity index (χ1n) is 9.48. The van der Waals surface area contributed by atoms with Crippen molar-refractivity contribution in [1.82, 2.24) is 14.9 Å². The molecule has 2 rings (SSSR count). The number of piperidine rings is 1. The van der Waals surface area contributed by atoms with Gasteiger partial charge in [-0.2, -0.15) is 0 Å². The van der Waals surface area contributed by atoms with E-state index >= 15 is 0 Å². The molecule has 6 nitrogen and oxygen atoms in total. The van der Waals surface area contributed by atoms with E-state index in [2.05, 4.69) is 9.97 Å². The van der Waals surface area contributed by atoms with Gasteiger partial charge in [-0.3, -0.25) is 4.79 Å². The zero-order valence-electron chi connectivity index (χ0n) is 16.9. The third-order valence-corrected chi connectivity index (χ3v) is 4.52. The van der Waals surface area contributed by atoms with Gasteiger partial charge in [0.2, 0.25) is 0 Å². The van der Waals surface area contributed by atoms with Crippen LogP contribution in [0.1, 0.15) is 86.9 Å². The number of nitrogens with zero attached hydrogens (tertiary/aromatic N) is 3. The molecule has 6 heteroatoms. The van der Waals surface area contributed by atoms with Crippen molar-refractivity contribution in [2.24, 2.45) is 0 Å². The number of hydrogen-bond acceptors (Lipinski definition) is 5. The maximum absolute atomic E-state index is 12.6. The monoisotopic (exact) mass is 361 g/mol. The smallest absolute Gasteiger partial charge is 0.410 e. The van der Waals surface area contributed by atoms with Crippen molar-refractivity contribution in [2.45, 2.75) is 78.7 Å². The van der Waals surface area contributed by atoms with Crippen LogP contribution in [0.15, 0.2) is 0 Å². The Morgan fingerprint density at radius 3 is 2.31 bits per heavy atom. The fourth-order valence-corrected chi connectivity index (χ4v) is 3.39. The summed E-state index contributed by atoms with van der Waals surface area (Å²) in [5.41, 5.74) is 1.82. The lowest BCUT2D eigenvalue weighted by molar-refractivity contribution is 0.0203. The lowest BCUT2D eigenvalue weighted by atomic mass is 9.88. The van der Waals surface area contributed by atoms with Gasteiger partial charge in [0.15, 0.2) is 5.78 Å². The maximum atomic E-state index is 12.6. The molecular formula is C20H31N3O3. The van der Waals surface area contributed by atoms with Crippen molar-refractivity contribution in [2.75, 3.05) is 13.1 Å². The van der Waals surface area contributed by atoms with Gasteiger partial charge < -0.3 is 9.64 Å². The van der Waals surface area contributed by atoms with E-state index in [9.17, 15) is 9.59 Å². The Morgan fingerprint density at radius 1 is 1.15 bits per heavy atom.